The number of methoxy groups -OCH3 is 1. The molecule has 1 fully saturated rings. The van der Waals surface area contributed by atoms with Gasteiger partial charge in [-0.1, -0.05) is 12.1 Å². The molecular weight excluding hydrogens is 282 g/mol. The third-order valence-electron chi connectivity index (χ3n) is 3.83. The second-order valence-electron chi connectivity index (χ2n) is 5.21. The van der Waals surface area contributed by atoms with Gasteiger partial charge in [0.2, 0.25) is 5.91 Å². The molecule has 1 aromatic heterocycles. The molecule has 0 spiro atoms. The molecule has 0 bridgehead atoms. The molecule has 0 N–H and O–H groups in total. The first-order chi connectivity index (χ1) is 10.7. The van der Waals surface area contributed by atoms with Crippen LogP contribution in [0.1, 0.15) is 0 Å². The van der Waals surface area contributed by atoms with Gasteiger partial charge in [0.25, 0.3) is 0 Å². The first-order valence-electron chi connectivity index (χ1n) is 7.11. The number of rotatable bonds is 3. The summed E-state index contributed by atoms with van der Waals surface area (Å²) in [6.45, 7) is 1.56. The molecule has 0 saturated carbocycles. The number of hydrogen-bond donors (Lipinski definition) is 0. The van der Waals surface area contributed by atoms with Crippen molar-refractivity contribution in [3.8, 4) is 0 Å². The number of anilines is 1. The SMILES string of the molecule is COC(=O)CN1CCN(c2cccc3cnccc23)C(=O)C1. The molecule has 0 aliphatic carbocycles. The Morgan fingerprint density at radius 2 is 2.18 bits per heavy atom. The van der Waals surface area contributed by atoms with Crippen molar-refractivity contribution in [1.29, 1.82) is 0 Å². The molecule has 1 saturated heterocycles. The van der Waals surface area contributed by atoms with E-state index in [4.69, 9.17) is 0 Å². The van der Waals surface area contributed by atoms with Crippen LogP contribution in [0.25, 0.3) is 10.8 Å². The lowest BCUT2D eigenvalue weighted by atomic mass is 10.1. The van der Waals surface area contributed by atoms with Crippen LogP contribution in [0.3, 0.4) is 0 Å². The van der Waals surface area contributed by atoms with E-state index in [2.05, 4.69) is 9.72 Å². The van der Waals surface area contributed by atoms with Gasteiger partial charge in [-0.3, -0.25) is 19.5 Å². The van der Waals surface area contributed by atoms with E-state index in [0.717, 1.165) is 16.5 Å². The third-order valence-corrected chi connectivity index (χ3v) is 3.83. The number of esters is 1. The van der Waals surface area contributed by atoms with E-state index in [0.29, 0.717) is 13.1 Å². The molecule has 0 unspecified atom stereocenters. The van der Waals surface area contributed by atoms with Gasteiger partial charge < -0.3 is 9.64 Å². The molecule has 114 valence electrons. The first-order valence-corrected chi connectivity index (χ1v) is 7.11. The van der Waals surface area contributed by atoms with Gasteiger partial charge in [0, 0.05) is 36.3 Å². The highest BCUT2D eigenvalue weighted by Gasteiger charge is 2.27. The van der Waals surface area contributed by atoms with Crippen LogP contribution in [-0.4, -0.2) is 55.0 Å². The summed E-state index contributed by atoms with van der Waals surface area (Å²) in [7, 11) is 1.35. The molecule has 6 heteroatoms. The lowest BCUT2D eigenvalue weighted by Crippen LogP contribution is -2.51. The minimum absolute atomic E-state index is 0.0144. The predicted molar refractivity (Wildman–Crippen MR) is 82.6 cm³/mol. The lowest BCUT2D eigenvalue weighted by molar-refractivity contribution is -0.142. The van der Waals surface area contributed by atoms with Crippen molar-refractivity contribution < 1.29 is 14.3 Å². The number of piperazine rings is 1. The summed E-state index contributed by atoms with van der Waals surface area (Å²) >= 11 is 0. The van der Waals surface area contributed by atoms with E-state index < -0.39 is 0 Å². The first kappa shape index (κ1) is 14.5. The maximum Gasteiger partial charge on any atom is 0.319 e. The molecule has 1 aliphatic rings. The molecule has 3 rings (SSSR count). The number of carbonyl (C=O) groups is 2. The fraction of sp³-hybridized carbons (Fsp3) is 0.312. The van der Waals surface area contributed by atoms with Crippen LogP contribution in [-0.2, 0) is 14.3 Å². The maximum absolute atomic E-state index is 12.4. The Labute approximate surface area is 128 Å². The largest absolute Gasteiger partial charge is 0.468 e. The van der Waals surface area contributed by atoms with Crippen molar-refractivity contribution >= 4 is 28.3 Å². The third kappa shape index (κ3) is 2.78. The van der Waals surface area contributed by atoms with Crippen LogP contribution in [0.15, 0.2) is 36.7 Å². The van der Waals surface area contributed by atoms with E-state index in [1.807, 2.05) is 24.3 Å². The van der Waals surface area contributed by atoms with Crippen molar-refractivity contribution in [2.45, 2.75) is 0 Å². The highest BCUT2D eigenvalue weighted by Crippen LogP contribution is 2.27. The highest BCUT2D eigenvalue weighted by atomic mass is 16.5. The Morgan fingerprint density at radius 3 is 2.95 bits per heavy atom. The van der Waals surface area contributed by atoms with Gasteiger partial charge in [-0.15, -0.1) is 0 Å². The summed E-state index contributed by atoms with van der Waals surface area (Å²) in [5.41, 5.74) is 0.891. The number of ether oxygens (including phenoxy) is 1. The van der Waals surface area contributed by atoms with Crippen LogP contribution in [0.2, 0.25) is 0 Å². The zero-order valence-electron chi connectivity index (χ0n) is 12.4. The summed E-state index contributed by atoms with van der Waals surface area (Å²) in [4.78, 5) is 31.4. The highest BCUT2D eigenvalue weighted by molar-refractivity contribution is 6.04. The van der Waals surface area contributed by atoms with Crippen LogP contribution >= 0.6 is 0 Å². The van der Waals surface area contributed by atoms with Crippen molar-refractivity contribution in [2.75, 3.05) is 38.2 Å². The second-order valence-corrected chi connectivity index (χ2v) is 5.21. The van der Waals surface area contributed by atoms with Crippen LogP contribution in [0, 0.1) is 0 Å². The van der Waals surface area contributed by atoms with E-state index in [9.17, 15) is 9.59 Å². The van der Waals surface area contributed by atoms with E-state index in [1.54, 1.807) is 22.2 Å². The Bertz CT molecular complexity index is 711. The molecule has 0 atom stereocenters. The summed E-state index contributed by atoms with van der Waals surface area (Å²) in [5.74, 6) is -0.336. The molecule has 1 aliphatic heterocycles. The van der Waals surface area contributed by atoms with Gasteiger partial charge in [-0.25, -0.2) is 0 Å². The van der Waals surface area contributed by atoms with Crippen molar-refractivity contribution in [1.82, 2.24) is 9.88 Å². The van der Waals surface area contributed by atoms with Crippen molar-refractivity contribution in [3.05, 3.63) is 36.7 Å². The average Bonchev–Trinajstić information content (AvgIpc) is 2.54. The quantitative estimate of drug-likeness (QED) is 0.793. The number of aromatic nitrogens is 1. The molecular formula is C16H17N3O3. The van der Waals surface area contributed by atoms with Gasteiger partial charge in [-0.2, -0.15) is 0 Å². The Hall–Kier alpha value is -2.47. The number of nitrogens with zero attached hydrogens (tertiary/aromatic N) is 3. The fourth-order valence-corrected chi connectivity index (χ4v) is 2.70. The molecule has 2 aromatic rings. The van der Waals surface area contributed by atoms with Crippen LogP contribution in [0.4, 0.5) is 5.69 Å². The number of pyridine rings is 1. The second kappa shape index (κ2) is 6.11. The van der Waals surface area contributed by atoms with Crippen LogP contribution in [0.5, 0.6) is 0 Å². The van der Waals surface area contributed by atoms with Crippen LogP contribution < -0.4 is 4.90 Å². The van der Waals surface area contributed by atoms with E-state index in [-0.39, 0.29) is 25.0 Å². The molecule has 2 heterocycles. The van der Waals surface area contributed by atoms with Crippen molar-refractivity contribution in [3.63, 3.8) is 0 Å². The number of carbonyl (C=O) groups excluding carboxylic acids is 2. The van der Waals surface area contributed by atoms with Gasteiger partial charge in [0.05, 0.1) is 25.9 Å². The van der Waals surface area contributed by atoms with Gasteiger partial charge >= 0.3 is 5.97 Å². The monoisotopic (exact) mass is 299 g/mol. The predicted octanol–water partition coefficient (Wildman–Crippen LogP) is 1.06. The summed E-state index contributed by atoms with van der Waals surface area (Å²) < 4.78 is 4.64. The standard InChI is InChI=1S/C16H17N3O3/c1-22-16(21)11-18-7-8-19(15(20)10-18)14-4-2-3-12-9-17-6-5-13(12)14/h2-6,9H,7-8,10-11H2,1H3. The van der Waals surface area contributed by atoms with Gasteiger partial charge in [0.15, 0.2) is 0 Å². The molecule has 1 amide bonds. The molecule has 22 heavy (non-hydrogen) atoms. The Kier molecular flexibility index (Phi) is 4.02. The zero-order valence-corrected chi connectivity index (χ0v) is 12.4. The van der Waals surface area contributed by atoms with E-state index in [1.165, 1.54) is 7.11 Å². The smallest absolute Gasteiger partial charge is 0.319 e. The molecule has 6 nitrogen and oxygen atoms in total. The number of benzene rings is 1. The topological polar surface area (TPSA) is 62.7 Å². The number of fused-ring (bicyclic) bond motifs is 1. The average molecular weight is 299 g/mol. The molecule has 0 radical (unpaired) electrons. The van der Waals surface area contributed by atoms with E-state index >= 15 is 0 Å². The zero-order chi connectivity index (χ0) is 15.5. The normalized spacial score (nSPS) is 16.0. The number of amides is 1. The Morgan fingerprint density at radius 1 is 1.32 bits per heavy atom. The number of hydrogen-bond acceptors (Lipinski definition) is 5. The van der Waals surface area contributed by atoms with Gasteiger partial charge in [-0.05, 0) is 12.1 Å². The van der Waals surface area contributed by atoms with Crippen molar-refractivity contribution in [2.24, 2.45) is 0 Å². The summed E-state index contributed by atoms with van der Waals surface area (Å²) in [6, 6.07) is 7.76. The lowest BCUT2D eigenvalue weighted by Gasteiger charge is -2.34. The maximum atomic E-state index is 12.4. The minimum atomic E-state index is -0.322. The fourth-order valence-electron chi connectivity index (χ4n) is 2.70. The molecule has 1 aromatic carbocycles. The summed E-state index contributed by atoms with van der Waals surface area (Å²) in [6.07, 6.45) is 3.51. The summed E-state index contributed by atoms with van der Waals surface area (Å²) in [5, 5.41) is 2.01. The minimum Gasteiger partial charge on any atom is -0.468 e. The van der Waals surface area contributed by atoms with Gasteiger partial charge in [0.1, 0.15) is 0 Å². The Balaban J connectivity index is 1.81.